The minimum absolute atomic E-state index is 0.281. The van der Waals surface area contributed by atoms with E-state index in [0.29, 0.717) is 12.8 Å². The van der Waals surface area contributed by atoms with Crippen LogP contribution in [0.2, 0.25) is 0 Å². The maximum absolute atomic E-state index is 12.7. The Hall–Kier alpha value is -2.22. The fourth-order valence-electron chi connectivity index (χ4n) is 2.65. The van der Waals surface area contributed by atoms with Gasteiger partial charge in [0.1, 0.15) is 0 Å². The van der Waals surface area contributed by atoms with Crippen LogP contribution < -0.4 is 10.6 Å². The average molecular weight is 407 g/mol. The second-order valence-electron chi connectivity index (χ2n) is 7.73. The van der Waals surface area contributed by atoms with Crippen molar-refractivity contribution in [3.63, 3.8) is 0 Å². The first-order valence-electron chi connectivity index (χ1n) is 9.87. The molecule has 29 heavy (non-hydrogen) atoms. The fourth-order valence-corrected chi connectivity index (χ4v) is 2.65. The lowest BCUT2D eigenvalue weighted by Gasteiger charge is -2.28. The molecule has 1 aromatic rings. The number of methoxy groups -OCH3 is 1. The molecule has 3 N–H and O–H groups in total. The summed E-state index contributed by atoms with van der Waals surface area (Å²) in [7, 11) is 1.30. The van der Waals surface area contributed by atoms with Crippen LogP contribution in [0.25, 0.3) is 0 Å². The second-order valence-corrected chi connectivity index (χ2v) is 7.73. The minimum Gasteiger partial charge on any atom is -0.466 e. The minimum atomic E-state index is -1.26. The summed E-state index contributed by atoms with van der Waals surface area (Å²) in [6.45, 7) is 7.28. The average Bonchev–Trinajstić information content (AvgIpc) is 2.67. The normalized spacial score (nSPS) is 15.0. The van der Waals surface area contributed by atoms with E-state index in [1.165, 1.54) is 13.2 Å². The van der Waals surface area contributed by atoms with Crippen molar-refractivity contribution in [1.29, 1.82) is 0 Å². The quantitative estimate of drug-likeness (QED) is 0.296. The first-order chi connectivity index (χ1) is 13.6. The second kappa shape index (κ2) is 12.4. The van der Waals surface area contributed by atoms with Gasteiger partial charge < -0.3 is 19.9 Å². The van der Waals surface area contributed by atoms with Gasteiger partial charge in [0.25, 0.3) is 0 Å². The Morgan fingerprint density at radius 3 is 2.41 bits per heavy atom. The van der Waals surface area contributed by atoms with Gasteiger partial charge in [-0.3, -0.25) is 10.1 Å². The Morgan fingerprint density at radius 1 is 1.21 bits per heavy atom. The number of ether oxygens (including phenoxy) is 2. The lowest BCUT2D eigenvalue weighted by atomic mass is 10.0. The first-order valence-corrected chi connectivity index (χ1v) is 9.87. The molecule has 1 rings (SSSR count). The van der Waals surface area contributed by atoms with Crippen molar-refractivity contribution in [2.75, 3.05) is 7.11 Å². The molecule has 0 spiro atoms. The molecule has 0 heterocycles. The Morgan fingerprint density at radius 2 is 1.86 bits per heavy atom. The van der Waals surface area contributed by atoms with Gasteiger partial charge in [-0.05, 0) is 45.6 Å². The van der Waals surface area contributed by atoms with Crippen molar-refractivity contribution < 1.29 is 24.2 Å². The number of nitrogens with one attached hydrogen (secondary N) is 2. The summed E-state index contributed by atoms with van der Waals surface area (Å²) < 4.78 is 10.0. The molecule has 7 nitrogen and oxygen atoms in total. The first kappa shape index (κ1) is 24.8. The molecule has 0 fully saturated rings. The van der Waals surface area contributed by atoms with Crippen molar-refractivity contribution in [3.8, 4) is 0 Å². The summed E-state index contributed by atoms with van der Waals surface area (Å²) in [5.41, 5.74) is 0.584. The number of benzene rings is 1. The van der Waals surface area contributed by atoms with Crippen LogP contribution in [-0.2, 0) is 25.5 Å². The summed E-state index contributed by atoms with van der Waals surface area (Å²) in [6, 6.07) is 8.89. The highest BCUT2D eigenvalue weighted by molar-refractivity contribution is 5.83. The zero-order valence-corrected chi connectivity index (χ0v) is 18.0. The third kappa shape index (κ3) is 10.8. The van der Waals surface area contributed by atoms with Gasteiger partial charge in [-0.25, -0.2) is 4.79 Å². The fraction of sp³-hybridized carbons (Fsp3) is 0.545. The summed E-state index contributed by atoms with van der Waals surface area (Å²) in [4.78, 5) is 24.2. The Bertz CT molecular complexity index is 655. The highest BCUT2D eigenvalue weighted by Gasteiger charge is 2.24. The Balaban J connectivity index is 2.76. The predicted octanol–water partition coefficient (Wildman–Crippen LogP) is 2.29. The Labute approximate surface area is 173 Å². The molecule has 0 bridgehead atoms. The molecule has 0 aliphatic rings. The van der Waals surface area contributed by atoms with Crippen molar-refractivity contribution >= 4 is 11.9 Å². The smallest absolute Gasteiger partial charge is 0.330 e. The topological polar surface area (TPSA) is 96.9 Å². The molecule has 1 unspecified atom stereocenters. The van der Waals surface area contributed by atoms with Crippen LogP contribution in [0.1, 0.15) is 46.1 Å². The molecule has 0 radical (unpaired) electrons. The van der Waals surface area contributed by atoms with E-state index >= 15 is 0 Å². The largest absolute Gasteiger partial charge is 0.466 e. The summed E-state index contributed by atoms with van der Waals surface area (Å²) in [5.74, 6) is -0.764. The summed E-state index contributed by atoms with van der Waals surface area (Å²) in [6.07, 6.45) is 3.48. The molecule has 0 saturated heterocycles. The molecule has 0 aliphatic carbocycles. The van der Waals surface area contributed by atoms with Crippen LogP contribution in [0, 0.1) is 0 Å². The van der Waals surface area contributed by atoms with E-state index in [-0.39, 0.29) is 11.9 Å². The molecule has 0 aromatic heterocycles. The monoisotopic (exact) mass is 406 g/mol. The van der Waals surface area contributed by atoms with E-state index in [0.717, 1.165) is 12.0 Å². The van der Waals surface area contributed by atoms with Crippen LogP contribution in [0.3, 0.4) is 0 Å². The van der Waals surface area contributed by atoms with Crippen molar-refractivity contribution in [1.82, 2.24) is 10.6 Å². The van der Waals surface area contributed by atoms with E-state index in [1.807, 2.05) is 58.0 Å². The van der Waals surface area contributed by atoms with Crippen molar-refractivity contribution in [3.05, 3.63) is 48.0 Å². The predicted molar refractivity (Wildman–Crippen MR) is 112 cm³/mol. The number of amides is 1. The molecule has 162 valence electrons. The zero-order valence-electron chi connectivity index (χ0n) is 18.0. The van der Waals surface area contributed by atoms with Gasteiger partial charge in [-0.1, -0.05) is 43.3 Å². The number of rotatable bonds is 11. The number of aryl methyl sites for hydroxylation is 1. The van der Waals surface area contributed by atoms with Gasteiger partial charge in [0, 0.05) is 12.1 Å². The van der Waals surface area contributed by atoms with Gasteiger partial charge in [0.2, 0.25) is 12.3 Å². The lowest BCUT2D eigenvalue weighted by molar-refractivity contribution is -0.187. The number of hydrogen-bond donors (Lipinski definition) is 3. The molecular weight excluding hydrogens is 372 g/mol. The number of hydrogen-bond acceptors (Lipinski definition) is 6. The van der Waals surface area contributed by atoms with E-state index in [9.17, 15) is 14.7 Å². The molecule has 1 amide bonds. The van der Waals surface area contributed by atoms with Crippen molar-refractivity contribution in [2.45, 2.75) is 71.1 Å². The lowest BCUT2D eigenvalue weighted by Crippen LogP contribution is -2.52. The van der Waals surface area contributed by atoms with E-state index in [2.05, 4.69) is 15.4 Å². The van der Waals surface area contributed by atoms with Crippen LogP contribution in [0.15, 0.2) is 42.5 Å². The molecule has 3 atom stereocenters. The maximum atomic E-state index is 12.7. The van der Waals surface area contributed by atoms with Crippen LogP contribution in [-0.4, -0.2) is 48.2 Å². The number of carbonyl (C=O) groups is 2. The van der Waals surface area contributed by atoms with Gasteiger partial charge in [-0.2, -0.15) is 0 Å². The number of carbonyl (C=O) groups excluding carboxylic acids is 2. The van der Waals surface area contributed by atoms with E-state index in [1.54, 1.807) is 6.08 Å². The number of esters is 1. The van der Waals surface area contributed by atoms with Crippen LogP contribution >= 0.6 is 0 Å². The van der Waals surface area contributed by atoms with E-state index in [4.69, 9.17) is 4.74 Å². The number of aliphatic hydroxyl groups excluding tert-OH is 1. The molecular formula is C22H34N2O5. The number of aliphatic hydroxyl groups is 1. The molecule has 1 aromatic carbocycles. The Kier molecular flexibility index (Phi) is 10.6. The van der Waals surface area contributed by atoms with Gasteiger partial charge in [-0.15, -0.1) is 0 Å². The van der Waals surface area contributed by atoms with Crippen LogP contribution in [0.4, 0.5) is 0 Å². The summed E-state index contributed by atoms with van der Waals surface area (Å²) >= 11 is 0. The summed E-state index contributed by atoms with van der Waals surface area (Å²) in [5, 5.41) is 15.7. The molecule has 0 saturated carbocycles. The highest BCUT2D eigenvalue weighted by atomic mass is 16.6. The molecule has 7 heteroatoms. The van der Waals surface area contributed by atoms with Gasteiger partial charge in [0.05, 0.1) is 18.8 Å². The maximum Gasteiger partial charge on any atom is 0.330 e. The molecule has 0 aliphatic heterocycles. The SMILES string of the molecule is CC[C@H](NC(O)OC(C)(C)C)C(=O)N[C@H](/C=C/C(=O)OC)CCc1ccccc1. The van der Waals surface area contributed by atoms with Crippen LogP contribution in [0.5, 0.6) is 0 Å². The van der Waals surface area contributed by atoms with Gasteiger partial charge >= 0.3 is 5.97 Å². The van der Waals surface area contributed by atoms with E-state index < -0.39 is 24.0 Å². The van der Waals surface area contributed by atoms with Crippen molar-refractivity contribution in [2.24, 2.45) is 0 Å². The standard InChI is InChI=1S/C22H34N2O5/c1-6-18(24-21(27)29-22(2,3)4)20(26)23-17(14-15-19(25)28-5)13-12-16-10-8-7-9-11-16/h7-11,14-15,17-18,21,24,27H,6,12-13H2,1-5H3,(H,23,26)/b15-14+/t17-,18-,21?/m0/s1. The third-order valence-corrected chi connectivity index (χ3v) is 4.11. The van der Waals surface area contributed by atoms with Gasteiger partial charge in [0.15, 0.2) is 0 Å². The third-order valence-electron chi connectivity index (χ3n) is 4.11. The highest BCUT2D eigenvalue weighted by Crippen LogP contribution is 2.10. The zero-order chi connectivity index (χ0) is 21.9.